The van der Waals surface area contributed by atoms with Crippen LogP contribution >= 0.6 is 0 Å². The van der Waals surface area contributed by atoms with Crippen molar-refractivity contribution in [2.75, 3.05) is 0 Å². The largest absolute Gasteiger partial charge is 2.00 e. The average Bonchev–Trinajstić information content (AvgIpc) is 2.18. The first-order valence-electron chi connectivity index (χ1n) is 5.44. The summed E-state index contributed by atoms with van der Waals surface area (Å²) in [5.41, 5.74) is 0.258. The molecule has 0 aliphatic rings. The first-order valence-corrected chi connectivity index (χ1v) is 5.44. The Morgan fingerprint density at radius 2 is 1.94 bits per heavy atom. The van der Waals surface area contributed by atoms with Crippen molar-refractivity contribution in [1.29, 1.82) is 0 Å². The summed E-state index contributed by atoms with van der Waals surface area (Å²) >= 11 is 0. The maximum Gasteiger partial charge on any atom is 2.00 e. The summed E-state index contributed by atoms with van der Waals surface area (Å²) in [7, 11) is 0. The molecule has 0 aliphatic carbocycles. The minimum atomic E-state index is -0.616. The number of rotatable bonds is 6. The van der Waals surface area contributed by atoms with Gasteiger partial charge in [-0.1, -0.05) is 33.3 Å². The molecule has 0 N–H and O–H groups in total. The predicted octanol–water partition coefficient (Wildman–Crippen LogP) is 2.69. The summed E-state index contributed by atoms with van der Waals surface area (Å²) in [4.78, 5) is 22.6. The van der Waals surface area contributed by atoms with Crippen LogP contribution in [0.3, 0.4) is 0 Å². The van der Waals surface area contributed by atoms with Gasteiger partial charge >= 0.3 is 49.7 Å². The van der Waals surface area contributed by atoms with Gasteiger partial charge in [0, 0.05) is 5.57 Å². The molecule has 90 valence electrons. The van der Waals surface area contributed by atoms with Gasteiger partial charge in [-0.25, -0.2) is 4.79 Å². The molecule has 0 aromatic carbocycles. The molecule has 0 spiro atoms. The van der Waals surface area contributed by atoms with Crippen molar-refractivity contribution < 1.29 is 17.2 Å². The second-order valence-corrected chi connectivity index (χ2v) is 3.74. The molecule has 0 bridgehead atoms. The Morgan fingerprint density at radius 3 is 2.31 bits per heavy atom. The molecule has 0 heterocycles. The van der Waals surface area contributed by atoms with Gasteiger partial charge in [0.2, 0.25) is 0 Å². The standard InChI is InChI=1S/C12H20O3.Ca.2H/c1-5-7-8-10(6-2)12(14)15-11(13)9(3)4;;;/h10H,3,5-8H2,1-2,4H3;;;/q;+2;2*-1. The Bertz CT molecular complexity index is 258. The number of hydrogen-bond acceptors (Lipinski definition) is 3. The first kappa shape index (κ1) is 18.5. The molecule has 0 fully saturated rings. The molecule has 3 nitrogen and oxygen atoms in total. The Balaban J connectivity index is -0.000000327. The number of esters is 2. The summed E-state index contributed by atoms with van der Waals surface area (Å²) in [6.45, 7) is 8.95. The third-order valence-corrected chi connectivity index (χ3v) is 2.27. The number of unbranched alkanes of at least 4 members (excludes halogenated alkanes) is 1. The number of carbonyl (C=O) groups is 2. The van der Waals surface area contributed by atoms with E-state index < -0.39 is 11.9 Å². The monoisotopic (exact) mass is 254 g/mol. The van der Waals surface area contributed by atoms with E-state index >= 15 is 0 Å². The number of carbonyl (C=O) groups excluding carboxylic acids is 2. The fourth-order valence-electron chi connectivity index (χ4n) is 1.20. The van der Waals surface area contributed by atoms with E-state index in [9.17, 15) is 9.59 Å². The van der Waals surface area contributed by atoms with Crippen LogP contribution < -0.4 is 0 Å². The van der Waals surface area contributed by atoms with Crippen molar-refractivity contribution >= 4 is 49.7 Å². The summed E-state index contributed by atoms with van der Waals surface area (Å²) in [5.74, 6) is -1.19. The predicted molar refractivity (Wildman–Crippen MR) is 67.2 cm³/mol. The van der Waals surface area contributed by atoms with Crippen LogP contribution in [0.25, 0.3) is 0 Å². The fraction of sp³-hybridized carbons (Fsp3) is 0.667. The van der Waals surface area contributed by atoms with Crippen LogP contribution in [0.2, 0.25) is 0 Å². The van der Waals surface area contributed by atoms with E-state index in [2.05, 4.69) is 18.2 Å². The third kappa shape index (κ3) is 7.42. The summed E-state index contributed by atoms with van der Waals surface area (Å²) in [5, 5.41) is 0. The first-order chi connectivity index (χ1) is 7.02. The summed E-state index contributed by atoms with van der Waals surface area (Å²) < 4.78 is 4.68. The Morgan fingerprint density at radius 1 is 1.38 bits per heavy atom. The molecule has 0 aliphatic heterocycles. The van der Waals surface area contributed by atoms with Crippen LogP contribution in [0, 0.1) is 5.92 Å². The van der Waals surface area contributed by atoms with Gasteiger partial charge in [0.1, 0.15) is 0 Å². The van der Waals surface area contributed by atoms with Crippen LogP contribution in [-0.2, 0) is 14.3 Å². The zero-order valence-electron chi connectivity index (χ0n) is 12.5. The quantitative estimate of drug-likeness (QED) is 0.317. The van der Waals surface area contributed by atoms with Crippen molar-refractivity contribution in [2.24, 2.45) is 5.92 Å². The van der Waals surface area contributed by atoms with Crippen LogP contribution in [0.15, 0.2) is 12.2 Å². The maximum atomic E-state index is 11.5. The van der Waals surface area contributed by atoms with Gasteiger partial charge in [0.05, 0.1) is 5.92 Å². The molecule has 0 rings (SSSR count). The van der Waals surface area contributed by atoms with E-state index in [4.69, 9.17) is 0 Å². The van der Waals surface area contributed by atoms with Crippen molar-refractivity contribution in [2.45, 2.75) is 46.5 Å². The van der Waals surface area contributed by atoms with Gasteiger partial charge < -0.3 is 7.59 Å². The van der Waals surface area contributed by atoms with Gasteiger partial charge in [-0.15, -0.1) is 0 Å². The van der Waals surface area contributed by atoms with Crippen LogP contribution in [0.1, 0.15) is 49.3 Å². The van der Waals surface area contributed by atoms with E-state index in [0.717, 1.165) is 19.3 Å². The SMILES string of the molecule is C=C(C)C(=O)OC(=O)C(CC)CCCC.[Ca+2].[H-].[H-]. The maximum absolute atomic E-state index is 11.5. The molecule has 0 aromatic rings. The molecule has 1 unspecified atom stereocenters. The average molecular weight is 254 g/mol. The van der Waals surface area contributed by atoms with Crippen molar-refractivity contribution in [3.63, 3.8) is 0 Å². The van der Waals surface area contributed by atoms with E-state index in [1.54, 1.807) is 0 Å². The van der Waals surface area contributed by atoms with Crippen LogP contribution in [-0.4, -0.2) is 49.7 Å². The minimum Gasteiger partial charge on any atom is -1.00 e. The number of hydrogen-bond donors (Lipinski definition) is 0. The molecule has 0 amide bonds. The molecule has 0 saturated carbocycles. The molecular formula is C12H22CaO3. The second-order valence-electron chi connectivity index (χ2n) is 3.74. The van der Waals surface area contributed by atoms with E-state index in [1.165, 1.54) is 6.92 Å². The smallest absolute Gasteiger partial charge is 1.00 e. The van der Waals surface area contributed by atoms with Gasteiger partial charge in [-0.05, 0) is 19.8 Å². The second kappa shape index (κ2) is 10.3. The van der Waals surface area contributed by atoms with Gasteiger partial charge in [-0.2, -0.15) is 0 Å². The molecule has 16 heavy (non-hydrogen) atoms. The van der Waals surface area contributed by atoms with E-state index in [0.29, 0.717) is 6.42 Å². The number of ether oxygens (including phenoxy) is 1. The molecule has 0 aromatic heterocycles. The molecular weight excluding hydrogens is 232 g/mol. The van der Waals surface area contributed by atoms with E-state index in [-0.39, 0.29) is 52.1 Å². The van der Waals surface area contributed by atoms with Crippen molar-refractivity contribution in [3.8, 4) is 0 Å². The molecule has 0 saturated heterocycles. The normalized spacial score (nSPS) is 11.2. The summed E-state index contributed by atoms with van der Waals surface area (Å²) in [6, 6.07) is 0. The van der Waals surface area contributed by atoms with Crippen molar-refractivity contribution in [3.05, 3.63) is 12.2 Å². The van der Waals surface area contributed by atoms with Crippen LogP contribution in [0.5, 0.6) is 0 Å². The third-order valence-electron chi connectivity index (χ3n) is 2.27. The van der Waals surface area contributed by atoms with Gasteiger partial charge in [-0.3, -0.25) is 4.79 Å². The fourth-order valence-corrected chi connectivity index (χ4v) is 1.20. The van der Waals surface area contributed by atoms with E-state index in [1.807, 2.05) is 6.92 Å². The topological polar surface area (TPSA) is 43.4 Å². The Kier molecular flexibility index (Phi) is 11.9. The Hall–Kier alpha value is 0.140. The van der Waals surface area contributed by atoms with Crippen molar-refractivity contribution in [1.82, 2.24) is 0 Å². The molecule has 4 heteroatoms. The zero-order chi connectivity index (χ0) is 11.8. The molecule has 1 atom stereocenters. The van der Waals surface area contributed by atoms with Gasteiger partial charge in [0.15, 0.2) is 0 Å². The van der Waals surface area contributed by atoms with Crippen LogP contribution in [0.4, 0.5) is 0 Å². The zero-order valence-corrected chi connectivity index (χ0v) is 12.8. The van der Waals surface area contributed by atoms with Gasteiger partial charge in [0.25, 0.3) is 0 Å². The molecule has 0 radical (unpaired) electrons. The Labute approximate surface area is 131 Å². The summed E-state index contributed by atoms with van der Waals surface area (Å²) in [6.07, 6.45) is 3.52. The minimum absolute atomic E-state index is 0.